The first kappa shape index (κ1) is 18.6. The van der Waals surface area contributed by atoms with Crippen LogP contribution in [-0.4, -0.2) is 14.7 Å². The number of hydrogen-bond acceptors (Lipinski definition) is 7. The molecule has 0 spiro atoms. The lowest BCUT2D eigenvalue weighted by atomic mass is 10.2. The van der Waals surface area contributed by atoms with E-state index >= 15 is 0 Å². The highest BCUT2D eigenvalue weighted by Gasteiger charge is 2.38. The molecule has 2 heterocycles. The van der Waals surface area contributed by atoms with Crippen LogP contribution in [0.2, 0.25) is 0 Å². The lowest BCUT2D eigenvalue weighted by Crippen LogP contribution is -2.14. The van der Waals surface area contributed by atoms with Crippen molar-refractivity contribution < 1.29 is 23.5 Å². The highest BCUT2D eigenvalue weighted by molar-refractivity contribution is 8.02. The molecule has 0 saturated heterocycles. The van der Waals surface area contributed by atoms with Gasteiger partial charge < -0.3 is 8.83 Å². The third-order valence-electron chi connectivity index (χ3n) is 3.49. The van der Waals surface area contributed by atoms with Crippen LogP contribution in [0.15, 0.2) is 67.5 Å². The van der Waals surface area contributed by atoms with Crippen LogP contribution >= 0.6 is 31.5 Å². The molecule has 0 aliphatic carbocycles. The molecular weight excluding hydrogens is 379 g/mol. The Balaban J connectivity index is 1.92. The van der Waals surface area contributed by atoms with E-state index in [1.165, 1.54) is 23.5 Å². The van der Waals surface area contributed by atoms with Crippen LogP contribution in [-0.2, 0) is 11.5 Å². The van der Waals surface area contributed by atoms with E-state index in [9.17, 15) is 14.7 Å². The van der Waals surface area contributed by atoms with Gasteiger partial charge in [-0.1, -0.05) is 6.07 Å². The van der Waals surface area contributed by atoms with Gasteiger partial charge in [0, 0.05) is 4.90 Å². The van der Waals surface area contributed by atoms with E-state index in [2.05, 4.69) is 0 Å². The lowest BCUT2D eigenvalue weighted by molar-refractivity contribution is 0.346. The van der Waals surface area contributed by atoms with Crippen molar-refractivity contribution in [1.29, 1.82) is 0 Å². The Bertz CT molecular complexity index is 810. The average molecular weight is 397 g/mol. The Morgan fingerprint density at radius 1 is 0.840 bits per heavy atom. The van der Waals surface area contributed by atoms with E-state index in [0.29, 0.717) is 16.4 Å². The van der Waals surface area contributed by atoms with E-state index in [1.54, 1.807) is 30.7 Å². The smallest absolute Gasteiger partial charge is 0.442 e. The van der Waals surface area contributed by atoms with Gasteiger partial charge >= 0.3 is 7.94 Å². The zero-order valence-corrected chi connectivity index (χ0v) is 16.0. The van der Waals surface area contributed by atoms with Gasteiger partial charge in [0.05, 0.1) is 28.9 Å². The average Bonchev–Trinajstić information content (AvgIpc) is 3.24. The molecule has 0 atom stereocenters. The minimum atomic E-state index is -4.13. The van der Waals surface area contributed by atoms with Crippen molar-refractivity contribution >= 4 is 36.8 Å². The molecule has 0 saturated carbocycles. The molecule has 5 nitrogen and oxygen atoms in total. The fourth-order valence-corrected chi connectivity index (χ4v) is 5.88. The fraction of sp³-hybridized carbons (Fsp3) is 0.176. The summed E-state index contributed by atoms with van der Waals surface area (Å²) in [6, 6.07) is 10.7. The van der Waals surface area contributed by atoms with Gasteiger partial charge in [0.1, 0.15) is 11.5 Å². The number of rotatable bonds is 7. The molecule has 1 aromatic carbocycles. The third-order valence-corrected chi connectivity index (χ3v) is 7.17. The monoisotopic (exact) mass is 397 g/mol. The van der Waals surface area contributed by atoms with Crippen molar-refractivity contribution in [2.75, 3.05) is 0 Å². The maximum absolute atomic E-state index is 9.85. The molecule has 3 aromatic rings. The van der Waals surface area contributed by atoms with Crippen LogP contribution in [0, 0.1) is 6.92 Å². The molecule has 0 aliphatic heterocycles. The SMILES string of the molecule is Cc1ccc([P+](O)(O)O)c(SCc2ccco2)c1SCc1ccco1. The quantitative estimate of drug-likeness (QED) is 0.408. The predicted octanol–water partition coefficient (Wildman–Crippen LogP) is 4.13. The molecule has 0 radical (unpaired) electrons. The minimum absolute atomic E-state index is 0.164. The van der Waals surface area contributed by atoms with Gasteiger partial charge in [0.25, 0.3) is 0 Å². The Morgan fingerprint density at radius 3 is 1.88 bits per heavy atom. The van der Waals surface area contributed by atoms with Crippen molar-refractivity contribution in [2.45, 2.75) is 28.2 Å². The van der Waals surface area contributed by atoms with Gasteiger partial charge in [0.2, 0.25) is 0 Å². The van der Waals surface area contributed by atoms with Crippen molar-refractivity contribution in [3.05, 3.63) is 66.0 Å². The number of benzene rings is 1. The van der Waals surface area contributed by atoms with E-state index < -0.39 is 7.94 Å². The van der Waals surface area contributed by atoms with Crippen LogP contribution in [0.25, 0.3) is 0 Å². The molecule has 0 unspecified atom stereocenters. The summed E-state index contributed by atoms with van der Waals surface area (Å²) in [6.45, 7) is 1.96. The van der Waals surface area contributed by atoms with E-state index in [-0.39, 0.29) is 5.30 Å². The second-order valence-electron chi connectivity index (χ2n) is 5.36. The van der Waals surface area contributed by atoms with E-state index in [1.807, 2.05) is 25.1 Å². The first-order valence-electron chi connectivity index (χ1n) is 7.47. The van der Waals surface area contributed by atoms with Gasteiger partial charge in [-0.15, -0.1) is 23.5 Å². The normalized spacial score (nSPS) is 11.8. The molecule has 3 N–H and O–H groups in total. The first-order valence-corrected chi connectivity index (χ1v) is 11.1. The second-order valence-corrected chi connectivity index (χ2v) is 8.95. The summed E-state index contributed by atoms with van der Waals surface area (Å²) in [6.07, 6.45) is 3.22. The number of furan rings is 2. The maximum atomic E-state index is 9.85. The van der Waals surface area contributed by atoms with Crippen LogP contribution in [0.4, 0.5) is 0 Å². The lowest BCUT2D eigenvalue weighted by Gasteiger charge is -2.15. The summed E-state index contributed by atoms with van der Waals surface area (Å²) < 4.78 is 10.7. The third kappa shape index (κ3) is 4.70. The van der Waals surface area contributed by atoms with Gasteiger partial charge in [-0.2, -0.15) is 14.7 Å². The van der Waals surface area contributed by atoms with Gasteiger partial charge in [-0.3, -0.25) is 0 Å². The molecule has 0 aliphatic rings. The molecule has 132 valence electrons. The number of aryl methyl sites for hydroxylation is 1. The summed E-state index contributed by atoms with van der Waals surface area (Å²) in [7, 11) is -4.13. The maximum Gasteiger partial charge on any atom is 0.442 e. The largest absolute Gasteiger partial charge is 0.468 e. The zero-order chi connectivity index (χ0) is 17.9. The Morgan fingerprint density at radius 2 is 1.40 bits per heavy atom. The van der Waals surface area contributed by atoms with Gasteiger partial charge in [0.15, 0.2) is 5.30 Å². The Labute approximate surface area is 154 Å². The molecule has 8 heteroatoms. The van der Waals surface area contributed by atoms with E-state index in [4.69, 9.17) is 8.83 Å². The van der Waals surface area contributed by atoms with Crippen LogP contribution in [0.3, 0.4) is 0 Å². The summed E-state index contributed by atoms with van der Waals surface area (Å²) in [4.78, 5) is 31.1. The molecule has 25 heavy (non-hydrogen) atoms. The minimum Gasteiger partial charge on any atom is -0.468 e. The molecule has 0 fully saturated rings. The topological polar surface area (TPSA) is 87.0 Å². The molecular formula is C17H18O5PS2+. The van der Waals surface area contributed by atoms with Crippen molar-refractivity contribution in [3.63, 3.8) is 0 Å². The predicted molar refractivity (Wildman–Crippen MR) is 101 cm³/mol. The summed E-state index contributed by atoms with van der Waals surface area (Å²) in [5.74, 6) is 2.74. The van der Waals surface area contributed by atoms with Crippen LogP contribution < -0.4 is 5.30 Å². The summed E-state index contributed by atoms with van der Waals surface area (Å²) >= 11 is 2.95. The summed E-state index contributed by atoms with van der Waals surface area (Å²) in [5.41, 5.74) is 0.996. The van der Waals surface area contributed by atoms with E-state index in [0.717, 1.165) is 22.0 Å². The Kier molecular flexibility index (Phi) is 5.94. The highest BCUT2D eigenvalue weighted by Crippen LogP contribution is 2.49. The summed E-state index contributed by atoms with van der Waals surface area (Å²) in [5, 5.41) is 0.164. The fourth-order valence-electron chi connectivity index (χ4n) is 2.28. The standard InChI is InChI=1S/C17H18O5PS2/c1-12-6-7-15(23(18,19)20)17(25-11-14-5-3-9-22-14)16(12)24-10-13-4-2-8-21-13/h2-9,18-20H,10-11H2,1H3/q+1. The van der Waals surface area contributed by atoms with Crippen molar-refractivity contribution in [3.8, 4) is 0 Å². The van der Waals surface area contributed by atoms with Crippen LogP contribution in [0.5, 0.6) is 0 Å². The molecule has 3 rings (SSSR count). The van der Waals surface area contributed by atoms with Crippen LogP contribution in [0.1, 0.15) is 17.1 Å². The second kappa shape index (κ2) is 7.99. The van der Waals surface area contributed by atoms with Gasteiger partial charge in [-0.05, 0) is 42.8 Å². The zero-order valence-electron chi connectivity index (χ0n) is 13.5. The van der Waals surface area contributed by atoms with Gasteiger partial charge in [-0.25, -0.2) is 0 Å². The molecule has 0 bridgehead atoms. The first-order chi connectivity index (χ1) is 11.9. The van der Waals surface area contributed by atoms with Crippen molar-refractivity contribution in [2.24, 2.45) is 0 Å². The Hall–Kier alpha value is -1.21. The highest BCUT2D eigenvalue weighted by atomic mass is 32.2. The molecule has 0 amide bonds. The number of hydrogen-bond donors (Lipinski definition) is 3. The van der Waals surface area contributed by atoms with Crippen molar-refractivity contribution in [1.82, 2.24) is 0 Å². The molecule has 2 aromatic heterocycles. The number of thioether (sulfide) groups is 2.